The van der Waals surface area contributed by atoms with E-state index in [2.05, 4.69) is 55.3 Å². The quantitative estimate of drug-likeness (QED) is 0.844. The van der Waals surface area contributed by atoms with Crippen molar-refractivity contribution in [1.82, 2.24) is 5.32 Å². The molecule has 0 spiro atoms. The molecule has 2 rings (SSSR count). The van der Waals surface area contributed by atoms with Gasteiger partial charge in [-0.1, -0.05) is 19.1 Å². The van der Waals surface area contributed by atoms with Crippen LogP contribution in [0, 0.1) is 12.8 Å². The zero-order valence-corrected chi connectivity index (χ0v) is 13.4. The van der Waals surface area contributed by atoms with Gasteiger partial charge in [0, 0.05) is 31.4 Å². The Bertz CT molecular complexity index is 394. The van der Waals surface area contributed by atoms with Gasteiger partial charge >= 0.3 is 0 Å². The van der Waals surface area contributed by atoms with Crippen molar-refractivity contribution in [3.63, 3.8) is 0 Å². The Balaban J connectivity index is 1.76. The molecule has 112 valence electrons. The smallest absolute Gasteiger partial charge is 0.0369 e. The van der Waals surface area contributed by atoms with E-state index in [0.717, 1.165) is 31.6 Å². The van der Waals surface area contributed by atoms with Crippen molar-refractivity contribution in [3.8, 4) is 0 Å². The molecule has 0 aromatic heterocycles. The summed E-state index contributed by atoms with van der Waals surface area (Å²) in [7, 11) is 0. The summed E-state index contributed by atoms with van der Waals surface area (Å²) in [5.41, 5.74) is 2.70. The summed E-state index contributed by atoms with van der Waals surface area (Å²) in [6, 6.07) is 9.58. The van der Waals surface area contributed by atoms with Crippen LogP contribution in [0.2, 0.25) is 0 Å². The maximum absolute atomic E-state index is 3.75. The van der Waals surface area contributed by atoms with E-state index in [0.29, 0.717) is 0 Å². The SMILES string of the molecule is CCN(CCNC1CCC(C)CC1)c1cccc(C)c1. The summed E-state index contributed by atoms with van der Waals surface area (Å²) in [5.74, 6) is 0.937. The molecule has 2 nitrogen and oxygen atoms in total. The lowest BCUT2D eigenvalue weighted by Crippen LogP contribution is -2.39. The zero-order chi connectivity index (χ0) is 14.4. The molecule has 1 aromatic rings. The first-order chi connectivity index (χ1) is 9.69. The van der Waals surface area contributed by atoms with Crippen LogP contribution in [0.1, 0.15) is 45.1 Å². The fourth-order valence-corrected chi connectivity index (χ4v) is 3.16. The molecule has 0 unspecified atom stereocenters. The molecule has 1 fully saturated rings. The molecule has 0 atom stereocenters. The van der Waals surface area contributed by atoms with Crippen LogP contribution in [-0.4, -0.2) is 25.7 Å². The van der Waals surface area contributed by atoms with E-state index in [9.17, 15) is 0 Å². The van der Waals surface area contributed by atoms with Crippen LogP contribution in [0.3, 0.4) is 0 Å². The first-order valence-electron chi connectivity index (χ1n) is 8.24. The molecule has 0 heterocycles. The summed E-state index contributed by atoms with van der Waals surface area (Å²) < 4.78 is 0. The van der Waals surface area contributed by atoms with E-state index in [4.69, 9.17) is 0 Å². The molecule has 0 bridgehead atoms. The van der Waals surface area contributed by atoms with Crippen molar-refractivity contribution in [2.75, 3.05) is 24.5 Å². The summed E-state index contributed by atoms with van der Waals surface area (Å²) in [4.78, 5) is 2.46. The molecule has 1 N–H and O–H groups in total. The topological polar surface area (TPSA) is 15.3 Å². The predicted octanol–water partition coefficient (Wildman–Crippen LogP) is 3.99. The Morgan fingerprint density at radius 2 is 1.95 bits per heavy atom. The standard InChI is InChI=1S/C18H30N2/c1-4-20(18-7-5-6-16(3)14-18)13-12-19-17-10-8-15(2)9-11-17/h5-7,14-15,17,19H,4,8-13H2,1-3H3. The number of aryl methyl sites for hydroxylation is 1. The predicted molar refractivity (Wildman–Crippen MR) is 88.5 cm³/mol. The third-order valence-corrected chi connectivity index (χ3v) is 4.58. The highest BCUT2D eigenvalue weighted by Crippen LogP contribution is 2.23. The fraction of sp³-hybridized carbons (Fsp3) is 0.667. The van der Waals surface area contributed by atoms with E-state index >= 15 is 0 Å². The molecule has 0 saturated heterocycles. The molecule has 0 aliphatic heterocycles. The van der Waals surface area contributed by atoms with Gasteiger partial charge in [0.1, 0.15) is 0 Å². The Morgan fingerprint density at radius 1 is 1.20 bits per heavy atom. The lowest BCUT2D eigenvalue weighted by Gasteiger charge is -2.29. The lowest BCUT2D eigenvalue weighted by atomic mass is 9.87. The van der Waals surface area contributed by atoms with Gasteiger partial charge in [-0.25, -0.2) is 0 Å². The molecule has 0 amide bonds. The van der Waals surface area contributed by atoms with Gasteiger partial charge in [-0.2, -0.15) is 0 Å². The zero-order valence-electron chi connectivity index (χ0n) is 13.4. The number of rotatable bonds is 6. The van der Waals surface area contributed by atoms with Crippen molar-refractivity contribution in [2.45, 2.75) is 52.5 Å². The second kappa shape index (κ2) is 7.68. The highest BCUT2D eigenvalue weighted by molar-refractivity contribution is 5.48. The van der Waals surface area contributed by atoms with E-state index in [1.807, 2.05) is 0 Å². The second-order valence-electron chi connectivity index (χ2n) is 6.33. The summed E-state index contributed by atoms with van der Waals surface area (Å²) in [6.07, 6.45) is 5.51. The molecule has 1 aromatic carbocycles. The third kappa shape index (κ3) is 4.52. The molecule has 1 saturated carbocycles. The van der Waals surface area contributed by atoms with Gasteiger partial charge in [-0.05, 0) is 63.1 Å². The minimum absolute atomic E-state index is 0.752. The number of hydrogen-bond donors (Lipinski definition) is 1. The van der Waals surface area contributed by atoms with E-state index in [-0.39, 0.29) is 0 Å². The maximum atomic E-state index is 3.75. The number of anilines is 1. The Labute approximate surface area is 124 Å². The van der Waals surface area contributed by atoms with Gasteiger partial charge < -0.3 is 10.2 Å². The summed E-state index contributed by atoms with van der Waals surface area (Å²) >= 11 is 0. The van der Waals surface area contributed by atoms with Crippen molar-refractivity contribution in [2.24, 2.45) is 5.92 Å². The van der Waals surface area contributed by atoms with Crippen molar-refractivity contribution in [3.05, 3.63) is 29.8 Å². The minimum Gasteiger partial charge on any atom is -0.371 e. The van der Waals surface area contributed by atoms with Gasteiger partial charge in [0.05, 0.1) is 0 Å². The number of benzene rings is 1. The average Bonchev–Trinajstić information content (AvgIpc) is 2.45. The highest BCUT2D eigenvalue weighted by Gasteiger charge is 2.17. The molecular formula is C18H30N2. The van der Waals surface area contributed by atoms with Gasteiger partial charge in [-0.3, -0.25) is 0 Å². The first-order valence-corrected chi connectivity index (χ1v) is 8.24. The monoisotopic (exact) mass is 274 g/mol. The molecule has 1 aliphatic carbocycles. The normalized spacial score (nSPS) is 22.8. The average molecular weight is 274 g/mol. The molecule has 1 aliphatic rings. The number of nitrogens with zero attached hydrogens (tertiary/aromatic N) is 1. The van der Waals surface area contributed by atoms with Crippen molar-refractivity contribution in [1.29, 1.82) is 0 Å². The maximum Gasteiger partial charge on any atom is 0.0369 e. The Kier molecular flexibility index (Phi) is 5.90. The van der Waals surface area contributed by atoms with Crippen LogP contribution < -0.4 is 10.2 Å². The van der Waals surface area contributed by atoms with Crippen LogP contribution in [0.25, 0.3) is 0 Å². The lowest BCUT2D eigenvalue weighted by molar-refractivity contribution is 0.309. The van der Waals surface area contributed by atoms with Crippen LogP contribution in [0.5, 0.6) is 0 Å². The third-order valence-electron chi connectivity index (χ3n) is 4.58. The number of likely N-dealkylation sites (N-methyl/N-ethyl adjacent to an activating group) is 1. The van der Waals surface area contributed by atoms with Crippen molar-refractivity contribution >= 4 is 5.69 Å². The van der Waals surface area contributed by atoms with E-state index < -0.39 is 0 Å². The van der Waals surface area contributed by atoms with Crippen LogP contribution in [0.4, 0.5) is 5.69 Å². The molecule has 2 heteroatoms. The summed E-state index contributed by atoms with van der Waals surface area (Å²) in [6.45, 7) is 10.1. The Morgan fingerprint density at radius 3 is 2.60 bits per heavy atom. The molecule has 0 radical (unpaired) electrons. The van der Waals surface area contributed by atoms with E-state index in [1.54, 1.807) is 0 Å². The first kappa shape index (κ1) is 15.4. The second-order valence-corrected chi connectivity index (χ2v) is 6.33. The van der Waals surface area contributed by atoms with Crippen LogP contribution in [-0.2, 0) is 0 Å². The van der Waals surface area contributed by atoms with Gasteiger partial charge in [0.25, 0.3) is 0 Å². The largest absolute Gasteiger partial charge is 0.371 e. The van der Waals surface area contributed by atoms with E-state index in [1.165, 1.54) is 36.9 Å². The van der Waals surface area contributed by atoms with Crippen LogP contribution in [0.15, 0.2) is 24.3 Å². The number of nitrogens with one attached hydrogen (secondary N) is 1. The molecular weight excluding hydrogens is 244 g/mol. The van der Waals surface area contributed by atoms with Crippen molar-refractivity contribution < 1.29 is 0 Å². The van der Waals surface area contributed by atoms with Gasteiger partial charge in [-0.15, -0.1) is 0 Å². The summed E-state index contributed by atoms with van der Waals surface area (Å²) in [5, 5.41) is 3.75. The Hall–Kier alpha value is -1.02. The van der Waals surface area contributed by atoms with Crippen LogP contribution >= 0.6 is 0 Å². The fourth-order valence-electron chi connectivity index (χ4n) is 3.16. The minimum atomic E-state index is 0.752. The highest BCUT2D eigenvalue weighted by atomic mass is 15.1. The van der Waals surface area contributed by atoms with Gasteiger partial charge in [0.15, 0.2) is 0 Å². The van der Waals surface area contributed by atoms with Gasteiger partial charge in [0.2, 0.25) is 0 Å². The number of hydrogen-bond acceptors (Lipinski definition) is 2. The molecule has 20 heavy (non-hydrogen) atoms.